The highest BCUT2D eigenvalue weighted by molar-refractivity contribution is 5.93. The molecule has 0 unspecified atom stereocenters. The van der Waals surface area contributed by atoms with Crippen LogP contribution in [-0.2, 0) is 4.74 Å². The highest BCUT2D eigenvalue weighted by atomic mass is 16.5. The Labute approximate surface area is 153 Å². The zero-order valence-corrected chi connectivity index (χ0v) is 15.6. The molecule has 5 nitrogen and oxygen atoms in total. The molecule has 26 heavy (non-hydrogen) atoms. The Morgan fingerprint density at radius 2 is 1.81 bits per heavy atom. The Bertz CT molecular complexity index is 905. The monoisotopic (exact) mass is 352 g/mol. The fourth-order valence-corrected chi connectivity index (χ4v) is 2.61. The second kappa shape index (κ2) is 7.20. The first-order chi connectivity index (χ1) is 12.4. The van der Waals surface area contributed by atoms with Crippen LogP contribution < -0.4 is 5.32 Å². The van der Waals surface area contributed by atoms with Gasteiger partial charge in [-0.3, -0.25) is 0 Å². The second-order valence-corrected chi connectivity index (χ2v) is 7.45. The Hall–Kier alpha value is -2.82. The lowest BCUT2D eigenvalue weighted by molar-refractivity contribution is 0.0526. The average Bonchev–Trinajstić information content (AvgIpc) is 3.02. The van der Waals surface area contributed by atoms with Crippen molar-refractivity contribution >= 4 is 22.8 Å². The van der Waals surface area contributed by atoms with Crippen molar-refractivity contribution in [2.75, 3.05) is 18.5 Å². The van der Waals surface area contributed by atoms with Gasteiger partial charge in [-0.25, -0.2) is 4.79 Å². The average molecular weight is 352 g/mol. The molecule has 0 atom stereocenters. The van der Waals surface area contributed by atoms with Gasteiger partial charge in [0, 0.05) is 6.54 Å². The van der Waals surface area contributed by atoms with E-state index >= 15 is 0 Å². The minimum atomic E-state index is -0.304. The standard InChI is InChI=1S/C21H24N2O3/c1-5-25-20(24)15-8-6-14(7-9-15)16-10-11-18-17(12-16)19(23-26-18)22-13-21(2,3)4/h6-12H,5,13H2,1-4H3,(H,22,23). The summed E-state index contributed by atoms with van der Waals surface area (Å²) in [5.41, 5.74) is 3.49. The molecule has 0 saturated heterocycles. The predicted molar refractivity (Wildman–Crippen MR) is 103 cm³/mol. The Kier molecular flexibility index (Phi) is 4.98. The molecule has 0 spiro atoms. The van der Waals surface area contributed by atoms with Crippen molar-refractivity contribution in [3.05, 3.63) is 48.0 Å². The number of carbonyl (C=O) groups excluding carboxylic acids is 1. The van der Waals surface area contributed by atoms with E-state index in [1.807, 2.05) is 24.3 Å². The molecule has 0 aliphatic carbocycles. The van der Waals surface area contributed by atoms with Gasteiger partial charge in [0.2, 0.25) is 0 Å². The van der Waals surface area contributed by atoms with Gasteiger partial charge >= 0.3 is 5.97 Å². The predicted octanol–water partition coefficient (Wildman–Crippen LogP) is 5.13. The van der Waals surface area contributed by atoms with Gasteiger partial charge in [-0.15, -0.1) is 0 Å². The first kappa shape index (κ1) is 18.0. The number of carbonyl (C=O) groups is 1. The summed E-state index contributed by atoms with van der Waals surface area (Å²) in [6.07, 6.45) is 0. The maximum atomic E-state index is 11.8. The molecule has 5 heteroatoms. The van der Waals surface area contributed by atoms with Gasteiger partial charge < -0.3 is 14.6 Å². The van der Waals surface area contributed by atoms with Crippen LogP contribution in [-0.4, -0.2) is 24.3 Å². The van der Waals surface area contributed by atoms with Crippen LogP contribution in [0.3, 0.4) is 0 Å². The highest BCUT2D eigenvalue weighted by Crippen LogP contribution is 2.30. The fraction of sp³-hybridized carbons (Fsp3) is 0.333. The maximum absolute atomic E-state index is 11.8. The number of anilines is 1. The smallest absolute Gasteiger partial charge is 0.338 e. The van der Waals surface area contributed by atoms with E-state index in [0.717, 1.165) is 34.5 Å². The third-order valence-electron chi connectivity index (χ3n) is 3.99. The third kappa shape index (κ3) is 4.04. The van der Waals surface area contributed by atoms with Gasteiger partial charge in [0.1, 0.15) is 0 Å². The Morgan fingerprint density at radius 1 is 1.12 bits per heavy atom. The van der Waals surface area contributed by atoms with Gasteiger partial charge in [0.15, 0.2) is 11.4 Å². The van der Waals surface area contributed by atoms with E-state index in [1.54, 1.807) is 19.1 Å². The summed E-state index contributed by atoms with van der Waals surface area (Å²) in [5, 5.41) is 8.45. The quantitative estimate of drug-likeness (QED) is 0.645. The van der Waals surface area contributed by atoms with Crippen LogP contribution in [0.2, 0.25) is 0 Å². The molecule has 1 heterocycles. The van der Waals surface area contributed by atoms with Crippen LogP contribution in [0, 0.1) is 5.41 Å². The number of esters is 1. The van der Waals surface area contributed by atoms with Crippen molar-refractivity contribution in [3.63, 3.8) is 0 Å². The third-order valence-corrected chi connectivity index (χ3v) is 3.99. The fourth-order valence-electron chi connectivity index (χ4n) is 2.61. The number of nitrogens with one attached hydrogen (secondary N) is 1. The van der Waals surface area contributed by atoms with Crippen molar-refractivity contribution < 1.29 is 14.1 Å². The van der Waals surface area contributed by atoms with Crippen molar-refractivity contribution in [2.45, 2.75) is 27.7 Å². The number of benzene rings is 2. The molecule has 0 radical (unpaired) electrons. The second-order valence-electron chi connectivity index (χ2n) is 7.45. The van der Waals surface area contributed by atoms with E-state index in [4.69, 9.17) is 9.26 Å². The molecule has 1 N–H and O–H groups in total. The molecule has 0 aliphatic rings. The molecule has 3 rings (SSSR count). The largest absolute Gasteiger partial charge is 0.462 e. The highest BCUT2D eigenvalue weighted by Gasteiger charge is 2.14. The molecule has 0 amide bonds. The Morgan fingerprint density at radius 3 is 2.46 bits per heavy atom. The van der Waals surface area contributed by atoms with Crippen LogP contribution in [0.15, 0.2) is 47.0 Å². The summed E-state index contributed by atoms with van der Waals surface area (Å²) in [6.45, 7) is 9.46. The number of fused-ring (bicyclic) bond motifs is 1. The van der Waals surface area contributed by atoms with Gasteiger partial charge in [-0.2, -0.15) is 0 Å². The van der Waals surface area contributed by atoms with Crippen LogP contribution >= 0.6 is 0 Å². The van der Waals surface area contributed by atoms with Crippen molar-refractivity contribution in [2.24, 2.45) is 5.41 Å². The van der Waals surface area contributed by atoms with Gasteiger partial charge in [0.05, 0.1) is 17.6 Å². The van der Waals surface area contributed by atoms with Crippen LogP contribution in [0.25, 0.3) is 22.1 Å². The summed E-state index contributed by atoms with van der Waals surface area (Å²) in [4.78, 5) is 11.8. The van der Waals surface area contributed by atoms with Crippen LogP contribution in [0.5, 0.6) is 0 Å². The van der Waals surface area contributed by atoms with E-state index in [2.05, 4.69) is 37.3 Å². The van der Waals surface area contributed by atoms with E-state index in [0.29, 0.717) is 12.2 Å². The number of hydrogen-bond donors (Lipinski definition) is 1. The lowest BCUT2D eigenvalue weighted by Crippen LogP contribution is -2.19. The summed E-state index contributed by atoms with van der Waals surface area (Å²) in [6, 6.07) is 13.4. The van der Waals surface area contributed by atoms with Gasteiger partial charge in [0.25, 0.3) is 0 Å². The zero-order chi connectivity index (χ0) is 18.7. The lowest BCUT2D eigenvalue weighted by atomic mass is 9.97. The molecule has 2 aromatic carbocycles. The lowest BCUT2D eigenvalue weighted by Gasteiger charge is -2.18. The van der Waals surface area contributed by atoms with E-state index in [-0.39, 0.29) is 11.4 Å². The molecule has 0 saturated carbocycles. The molecule has 0 fully saturated rings. The first-order valence-corrected chi connectivity index (χ1v) is 8.78. The molecular weight excluding hydrogens is 328 g/mol. The maximum Gasteiger partial charge on any atom is 0.338 e. The molecule has 1 aromatic heterocycles. The number of rotatable bonds is 5. The molecule has 0 bridgehead atoms. The van der Waals surface area contributed by atoms with E-state index in [1.165, 1.54) is 0 Å². The van der Waals surface area contributed by atoms with Crippen molar-refractivity contribution in [1.29, 1.82) is 0 Å². The summed E-state index contributed by atoms with van der Waals surface area (Å²) in [7, 11) is 0. The number of aromatic nitrogens is 1. The SMILES string of the molecule is CCOC(=O)c1ccc(-c2ccc3onc(NCC(C)(C)C)c3c2)cc1. The summed E-state index contributed by atoms with van der Waals surface area (Å²) in [5.74, 6) is 0.446. The number of nitrogens with zero attached hydrogens (tertiary/aromatic N) is 1. The number of hydrogen-bond acceptors (Lipinski definition) is 5. The minimum Gasteiger partial charge on any atom is -0.462 e. The normalized spacial score (nSPS) is 11.5. The van der Waals surface area contributed by atoms with Crippen LogP contribution in [0.4, 0.5) is 5.82 Å². The van der Waals surface area contributed by atoms with Gasteiger partial charge in [-0.1, -0.05) is 44.1 Å². The van der Waals surface area contributed by atoms with Crippen LogP contribution in [0.1, 0.15) is 38.1 Å². The zero-order valence-electron chi connectivity index (χ0n) is 15.6. The van der Waals surface area contributed by atoms with Gasteiger partial charge in [-0.05, 0) is 47.7 Å². The van der Waals surface area contributed by atoms with E-state index in [9.17, 15) is 4.79 Å². The molecule has 3 aromatic rings. The molecular formula is C21H24N2O3. The van der Waals surface area contributed by atoms with Crippen molar-refractivity contribution in [3.8, 4) is 11.1 Å². The number of ether oxygens (including phenoxy) is 1. The topological polar surface area (TPSA) is 64.4 Å². The first-order valence-electron chi connectivity index (χ1n) is 8.78. The molecule has 0 aliphatic heterocycles. The Balaban J connectivity index is 1.87. The van der Waals surface area contributed by atoms with Crippen molar-refractivity contribution in [1.82, 2.24) is 5.16 Å². The van der Waals surface area contributed by atoms with E-state index < -0.39 is 0 Å². The molecule has 136 valence electrons. The summed E-state index contributed by atoms with van der Waals surface area (Å²) < 4.78 is 10.4. The summed E-state index contributed by atoms with van der Waals surface area (Å²) >= 11 is 0. The minimum absolute atomic E-state index is 0.145.